The first kappa shape index (κ1) is 15.2. The summed E-state index contributed by atoms with van der Waals surface area (Å²) in [4.78, 5) is 14.4. The zero-order valence-corrected chi connectivity index (χ0v) is 13.9. The zero-order valence-electron chi connectivity index (χ0n) is 13.9. The molecule has 1 atom stereocenters. The van der Waals surface area contributed by atoms with Gasteiger partial charge in [-0.25, -0.2) is 4.79 Å². The highest BCUT2D eigenvalue weighted by Gasteiger charge is 2.31. The summed E-state index contributed by atoms with van der Waals surface area (Å²) in [6, 6.07) is 16.8. The van der Waals surface area contributed by atoms with Gasteiger partial charge in [-0.3, -0.25) is 4.90 Å². The maximum absolute atomic E-state index is 12.1. The van der Waals surface area contributed by atoms with Crippen LogP contribution < -0.4 is 5.32 Å². The van der Waals surface area contributed by atoms with E-state index >= 15 is 0 Å². The first-order valence-corrected chi connectivity index (χ1v) is 8.63. The van der Waals surface area contributed by atoms with Gasteiger partial charge in [-0.1, -0.05) is 55.5 Å². The second-order valence-electron chi connectivity index (χ2n) is 6.40. The van der Waals surface area contributed by atoms with Gasteiger partial charge < -0.3 is 10.1 Å². The predicted octanol–water partition coefficient (Wildman–Crippen LogP) is 3.58. The maximum atomic E-state index is 12.1. The molecule has 124 valence electrons. The predicted molar refractivity (Wildman–Crippen MR) is 93.9 cm³/mol. The van der Waals surface area contributed by atoms with Crippen molar-refractivity contribution in [3.8, 4) is 11.1 Å². The molecular weight excluding hydrogens is 300 g/mol. The van der Waals surface area contributed by atoms with E-state index in [0.29, 0.717) is 6.61 Å². The van der Waals surface area contributed by atoms with E-state index in [1.807, 2.05) is 12.1 Å². The van der Waals surface area contributed by atoms with Gasteiger partial charge in [0, 0.05) is 12.5 Å². The summed E-state index contributed by atoms with van der Waals surface area (Å²) < 4.78 is 5.56. The molecular formula is C20H22N2O2. The summed E-state index contributed by atoms with van der Waals surface area (Å²) in [6.45, 7) is 4.48. The van der Waals surface area contributed by atoms with Gasteiger partial charge in [0.25, 0.3) is 0 Å². The first-order valence-electron chi connectivity index (χ1n) is 8.63. The van der Waals surface area contributed by atoms with Crippen molar-refractivity contribution >= 4 is 6.09 Å². The molecule has 1 heterocycles. The summed E-state index contributed by atoms with van der Waals surface area (Å²) in [6.07, 6.45) is 0.809. The van der Waals surface area contributed by atoms with Crippen LogP contribution in [-0.4, -0.2) is 36.9 Å². The molecule has 4 rings (SSSR count). The van der Waals surface area contributed by atoms with Gasteiger partial charge in [-0.2, -0.15) is 0 Å². The number of fused-ring (bicyclic) bond motifs is 3. The molecule has 0 spiro atoms. The molecule has 1 aliphatic carbocycles. The summed E-state index contributed by atoms with van der Waals surface area (Å²) >= 11 is 0. The normalized spacial score (nSPS) is 19.3. The van der Waals surface area contributed by atoms with E-state index in [0.717, 1.165) is 19.5 Å². The third-order valence-corrected chi connectivity index (χ3v) is 5.16. The number of benzene rings is 2. The average molecular weight is 322 g/mol. The highest BCUT2D eigenvalue weighted by atomic mass is 16.5. The molecule has 0 aromatic heterocycles. The fraction of sp³-hybridized carbons (Fsp3) is 0.350. The van der Waals surface area contributed by atoms with Crippen molar-refractivity contribution in [1.29, 1.82) is 0 Å². The Kier molecular flexibility index (Phi) is 3.98. The number of hydrogen-bond donors (Lipinski definition) is 1. The van der Waals surface area contributed by atoms with E-state index in [1.165, 1.54) is 22.3 Å². The van der Waals surface area contributed by atoms with Crippen LogP contribution in [0.25, 0.3) is 11.1 Å². The van der Waals surface area contributed by atoms with Gasteiger partial charge in [0.05, 0.1) is 6.17 Å². The third kappa shape index (κ3) is 2.57. The van der Waals surface area contributed by atoms with Gasteiger partial charge in [0.15, 0.2) is 0 Å². The lowest BCUT2D eigenvalue weighted by Crippen LogP contribution is -2.57. The van der Waals surface area contributed by atoms with Crippen LogP contribution in [0.1, 0.15) is 30.4 Å². The van der Waals surface area contributed by atoms with E-state index in [-0.39, 0.29) is 18.2 Å². The number of alkyl carbamates (subject to hydrolysis) is 1. The second kappa shape index (κ2) is 6.29. The Bertz CT molecular complexity index is 711. The molecule has 4 heteroatoms. The van der Waals surface area contributed by atoms with Crippen LogP contribution in [0.3, 0.4) is 0 Å². The number of amides is 1. The lowest BCUT2D eigenvalue weighted by atomic mass is 9.98. The van der Waals surface area contributed by atoms with Crippen LogP contribution in [-0.2, 0) is 4.74 Å². The highest BCUT2D eigenvalue weighted by Crippen LogP contribution is 2.44. The van der Waals surface area contributed by atoms with Gasteiger partial charge in [0.2, 0.25) is 0 Å². The van der Waals surface area contributed by atoms with Crippen molar-refractivity contribution in [2.75, 3.05) is 19.7 Å². The number of ether oxygens (including phenoxy) is 1. The van der Waals surface area contributed by atoms with Crippen LogP contribution in [0.4, 0.5) is 4.79 Å². The van der Waals surface area contributed by atoms with E-state index in [9.17, 15) is 4.79 Å². The van der Waals surface area contributed by atoms with Crippen molar-refractivity contribution in [2.24, 2.45) is 0 Å². The molecule has 1 amide bonds. The minimum absolute atomic E-state index is 0.117. The number of hydrogen-bond acceptors (Lipinski definition) is 3. The molecule has 1 unspecified atom stereocenters. The minimum Gasteiger partial charge on any atom is -0.449 e. The monoisotopic (exact) mass is 322 g/mol. The van der Waals surface area contributed by atoms with Crippen molar-refractivity contribution in [1.82, 2.24) is 10.2 Å². The summed E-state index contributed by atoms with van der Waals surface area (Å²) in [7, 11) is 0. The summed E-state index contributed by atoms with van der Waals surface area (Å²) in [5, 5.41) is 2.95. The first-order chi connectivity index (χ1) is 11.8. The number of nitrogens with zero attached hydrogens (tertiary/aromatic N) is 1. The molecule has 1 aliphatic heterocycles. The standard InChI is InChI=1S/C20H22N2O2/c1-2-22-12-11-19(22)21-20(23)24-13-18-16-9-5-3-7-14(16)15-8-4-6-10-17(15)18/h3-10,18-19H,2,11-13H2,1H3,(H,21,23). The Labute approximate surface area is 142 Å². The minimum atomic E-state index is -0.319. The SMILES string of the molecule is CCN1CCC1NC(=O)OCC1c2ccccc2-c2ccccc21. The smallest absolute Gasteiger partial charge is 0.408 e. The molecule has 2 aromatic carbocycles. The fourth-order valence-corrected chi connectivity index (χ4v) is 3.76. The summed E-state index contributed by atoms with van der Waals surface area (Å²) in [5.74, 6) is 0.117. The number of likely N-dealkylation sites (tertiary alicyclic amines) is 1. The van der Waals surface area contributed by atoms with Crippen LogP contribution in [0.2, 0.25) is 0 Å². The largest absolute Gasteiger partial charge is 0.449 e. The Morgan fingerprint density at radius 1 is 1.12 bits per heavy atom. The van der Waals surface area contributed by atoms with E-state index in [4.69, 9.17) is 4.74 Å². The van der Waals surface area contributed by atoms with Crippen molar-refractivity contribution in [3.05, 3.63) is 59.7 Å². The zero-order chi connectivity index (χ0) is 16.5. The quantitative estimate of drug-likeness (QED) is 0.935. The number of carbonyl (C=O) groups excluding carboxylic acids is 1. The van der Waals surface area contributed by atoms with Crippen molar-refractivity contribution < 1.29 is 9.53 Å². The lowest BCUT2D eigenvalue weighted by molar-refractivity contribution is 0.0589. The van der Waals surface area contributed by atoms with Crippen molar-refractivity contribution in [2.45, 2.75) is 25.4 Å². The third-order valence-electron chi connectivity index (χ3n) is 5.16. The Balaban J connectivity index is 1.46. The molecule has 4 nitrogen and oxygen atoms in total. The molecule has 0 bridgehead atoms. The van der Waals surface area contributed by atoms with Crippen LogP contribution in [0.5, 0.6) is 0 Å². The molecule has 2 aliphatic rings. The fourth-order valence-electron chi connectivity index (χ4n) is 3.76. The van der Waals surface area contributed by atoms with Gasteiger partial charge in [-0.05, 0) is 35.2 Å². The lowest BCUT2D eigenvalue weighted by Gasteiger charge is -2.40. The van der Waals surface area contributed by atoms with E-state index in [2.05, 4.69) is 53.5 Å². The van der Waals surface area contributed by atoms with Crippen LogP contribution in [0, 0.1) is 0 Å². The van der Waals surface area contributed by atoms with Gasteiger partial charge >= 0.3 is 6.09 Å². The average Bonchev–Trinajstić information content (AvgIpc) is 2.91. The molecule has 0 radical (unpaired) electrons. The Morgan fingerprint density at radius 2 is 1.75 bits per heavy atom. The van der Waals surface area contributed by atoms with Crippen molar-refractivity contribution in [3.63, 3.8) is 0 Å². The summed E-state index contributed by atoms with van der Waals surface area (Å²) in [5.41, 5.74) is 4.98. The Morgan fingerprint density at radius 3 is 2.29 bits per heavy atom. The topological polar surface area (TPSA) is 41.6 Å². The Hall–Kier alpha value is -2.33. The van der Waals surface area contributed by atoms with Crippen LogP contribution >= 0.6 is 0 Å². The molecule has 24 heavy (non-hydrogen) atoms. The molecule has 1 fully saturated rings. The number of nitrogens with one attached hydrogen (secondary N) is 1. The van der Waals surface area contributed by atoms with Crippen LogP contribution in [0.15, 0.2) is 48.5 Å². The van der Waals surface area contributed by atoms with Gasteiger partial charge in [0.1, 0.15) is 6.61 Å². The van der Waals surface area contributed by atoms with E-state index in [1.54, 1.807) is 0 Å². The molecule has 2 aromatic rings. The number of carbonyl (C=O) groups is 1. The van der Waals surface area contributed by atoms with Gasteiger partial charge in [-0.15, -0.1) is 0 Å². The highest BCUT2D eigenvalue weighted by molar-refractivity contribution is 5.79. The van der Waals surface area contributed by atoms with E-state index < -0.39 is 0 Å². The maximum Gasteiger partial charge on any atom is 0.408 e. The second-order valence-corrected chi connectivity index (χ2v) is 6.40. The number of rotatable bonds is 4. The molecule has 1 saturated heterocycles. The molecule has 1 N–H and O–H groups in total. The molecule has 0 saturated carbocycles.